The SMILES string of the molecule is Nc1ccn(CC(=O)C2CC2)n1. The number of carbonyl (C=O) groups is 1. The van der Waals surface area contributed by atoms with Gasteiger partial charge in [0, 0.05) is 12.1 Å². The molecule has 64 valence electrons. The van der Waals surface area contributed by atoms with Crippen LogP contribution in [0.25, 0.3) is 0 Å². The second kappa shape index (κ2) is 2.62. The van der Waals surface area contributed by atoms with E-state index in [1.807, 2.05) is 0 Å². The number of rotatable bonds is 3. The smallest absolute Gasteiger partial charge is 0.157 e. The lowest BCUT2D eigenvalue weighted by atomic mass is 10.3. The molecular formula is C8H11N3O. The Balaban J connectivity index is 1.98. The minimum Gasteiger partial charge on any atom is -0.382 e. The van der Waals surface area contributed by atoms with Crippen molar-refractivity contribution in [3.8, 4) is 0 Å². The fourth-order valence-corrected chi connectivity index (χ4v) is 1.16. The van der Waals surface area contributed by atoms with E-state index >= 15 is 0 Å². The van der Waals surface area contributed by atoms with Crippen LogP contribution in [0.3, 0.4) is 0 Å². The maximum atomic E-state index is 11.3. The van der Waals surface area contributed by atoms with E-state index in [1.54, 1.807) is 16.9 Å². The summed E-state index contributed by atoms with van der Waals surface area (Å²) in [5, 5.41) is 3.93. The van der Waals surface area contributed by atoms with Crippen molar-refractivity contribution in [3.63, 3.8) is 0 Å². The Hall–Kier alpha value is -1.32. The fourth-order valence-electron chi connectivity index (χ4n) is 1.16. The Kier molecular flexibility index (Phi) is 1.60. The minimum atomic E-state index is 0.276. The number of nitrogens with zero attached hydrogens (tertiary/aromatic N) is 2. The highest BCUT2D eigenvalue weighted by atomic mass is 16.1. The Labute approximate surface area is 70.4 Å². The van der Waals surface area contributed by atoms with E-state index in [0.717, 1.165) is 12.8 Å². The predicted molar refractivity (Wildman–Crippen MR) is 44.4 cm³/mol. The summed E-state index contributed by atoms with van der Waals surface area (Å²) in [6, 6.07) is 1.69. The normalized spacial score (nSPS) is 16.3. The molecule has 1 aromatic heterocycles. The maximum Gasteiger partial charge on any atom is 0.157 e. The van der Waals surface area contributed by atoms with Crippen molar-refractivity contribution in [2.24, 2.45) is 5.92 Å². The van der Waals surface area contributed by atoms with E-state index in [2.05, 4.69) is 5.10 Å². The highest BCUT2D eigenvalue weighted by Crippen LogP contribution is 2.30. The molecule has 0 bridgehead atoms. The van der Waals surface area contributed by atoms with Gasteiger partial charge in [-0.25, -0.2) is 0 Å². The third-order valence-electron chi connectivity index (χ3n) is 2.01. The highest BCUT2D eigenvalue weighted by molar-refractivity contribution is 5.82. The first-order chi connectivity index (χ1) is 5.75. The summed E-state index contributed by atoms with van der Waals surface area (Å²) < 4.78 is 1.59. The van der Waals surface area contributed by atoms with Gasteiger partial charge in [0.15, 0.2) is 5.78 Å². The predicted octanol–water partition coefficient (Wildman–Crippen LogP) is 0.444. The first kappa shape index (κ1) is 7.34. The van der Waals surface area contributed by atoms with Crippen LogP contribution in [0.15, 0.2) is 12.3 Å². The number of nitrogen functional groups attached to an aromatic ring is 1. The van der Waals surface area contributed by atoms with Gasteiger partial charge in [-0.05, 0) is 18.9 Å². The van der Waals surface area contributed by atoms with Crippen LogP contribution in [0.4, 0.5) is 5.82 Å². The van der Waals surface area contributed by atoms with Crippen LogP contribution in [0, 0.1) is 5.92 Å². The largest absolute Gasteiger partial charge is 0.382 e. The van der Waals surface area contributed by atoms with Gasteiger partial charge in [-0.1, -0.05) is 0 Å². The first-order valence-corrected chi connectivity index (χ1v) is 4.07. The van der Waals surface area contributed by atoms with Gasteiger partial charge in [0.2, 0.25) is 0 Å². The number of hydrogen-bond donors (Lipinski definition) is 1. The molecule has 12 heavy (non-hydrogen) atoms. The van der Waals surface area contributed by atoms with E-state index < -0.39 is 0 Å². The van der Waals surface area contributed by atoms with Gasteiger partial charge < -0.3 is 5.73 Å². The molecule has 1 saturated carbocycles. The molecule has 0 amide bonds. The van der Waals surface area contributed by atoms with E-state index in [-0.39, 0.29) is 5.78 Å². The van der Waals surface area contributed by atoms with Crippen LogP contribution in [0.2, 0.25) is 0 Å². The third-order valence-corrected chi connectivity index (χ3v) is 2.01. The van der Waals surface area contributed by atoms with E-state index in [4.69, 9.17) is 5.73 Å². The molecule has 1 aromatic rings. The molecular weight excluding hydrogens is 154 g/mol. The van der Waals surface area contributed by atoms with Gasteiger partial charge >= 0.3 is 0 Å². The zero-order chi connectivity index (χ0) is 8.55. The number of nitrogens with two attached hydrogens (primary N) is 1. The summed E-state index contributed by atoms with van der Waals surface area (Å²) in [6.07, 6.45) is 3.83. The summed E-state index contributed by atoms with van der Waals surface area (Å²) in [5.74, 6) is 1.05. The molecule has 0 atom stereocenters. The van der Waals surface area contributed by atoms with Crippen molar-refractivity contribution in [1.29, 1.82) is 0 Å². The van der Waals surface area contributed by atoms with Gasteiger partial charge in [0.25, 0.3) is 0 Å². The van der Waals surface area contributed by atoms with Gasteiger partial charge in [0.05, 0.1) is 6.54 Å². The van der Waals surface area contributed by atoms with Crippen LogP contribution in [-0.2, 0) is 11.3 Å². The van der Waals surface area contributed by atoms with Crippen molar-refractivity contribution in [2.45, 2.75) is 19.4 Å². The lowest BCUT2D eigenvalue weighted by Crippen LogP contribution is -2.12. The molecule has 1 heterocycles. The summed E-state index contributed by atoms with van der Waals surface area (Å²) >= 11 is 0. The number of aromatic nitrogens is 2. The van der Waals surface area contributed by atoms with Crippen LogP contribution < -0.4 is 5.73 Å². The second-order valence-electron chi connectivity index (χ2n) is 3.18. The molecule has 0 radical (unpaired) electrons. The van der Waals surface area contributed by atoms with Gasteiger partial charge in [-0.3, -0.25) is 9.48 Å². The third kappa shape index (κ3) is 1.47. The number of hydrogen-bond acceptors (Lipinski definition) is 3. The average Bonchev–Trinajstić information content (AvgIpc) is 2.78. The highest BCUT2D eigenvalue weighted by Gasteiger charge is 2.29. The van der Waals surface area contributed by atoms with Crippen molar-refractivity contribution in [2.75, 3.05) is 5.73 Å². The molecule has 0 saturated heterocycles. The molecule has 2 N–H and O–H groups in total. The molecule has 0 aromatic carbocycles. The zero-order valence-electron chi connectivity index (χ0n) is 6.73. The summed E-state index contributed by atoms with van der Waals surface area (Å²) in [7, 11) is 0. The number of ketones is 1. The van der Waals surface area contributed by atoms with Crippen molar-refractivity contribution in [1.82, 2.24) is 9.78 Å². The molecule has 0 spiro atoms. The Morgan fingerprint density at radius 3 is 3.00 bits per heavy atom. The van der Waals surface area contributed by atoms with Crippen molar-refractivity contribution in [3.05, 3.63) is 12.3 Å². The molecule has 1 aliphatic carbocycles. The van der Waals surface area contributed by atoms with Crippen LogP contribution in [0.5, 0.6) is 0 Å². The fraction of sp³-hybridized carbons (Fsp3) is 0.500. The minimum absolute atomic E-state index is 0.276. The quantitative estimate of drug-likeness (QED) is 0.707. The number of carbonyl (C=O) groups excluding carboxylic acids is 1. The lowest BCUT2D eigenvalue weighted by molar-refractivity contribution is -0.120. The van der Waals surface area contributed by atoms with E-state index in [0.29, 0.717) is 18.3 Å². The van der Waals surface area contributed by atoms with Crippen LogP contribution in [0.1, 0.15) is 12.8 Å². The standard InChI is InChI=1S/C8H11N3O/c9-8-3-4-11(10-8)5-7(12)6-1-2-6/h3-4,6H,1-2,5H2,(H2,9,10). The molecule has 4 nitrogen and oxygen atoms in total. The van der Waals surface area contributed by atoms with Gasteiger partial charge in [-0.2, -0.15) is 5.10 Å². The molecule has 4 heteroatoms. The molecule has 2 rings (SSSR count). The van der Waals surface area contributed by atoms with Crippen LogP contribution in [-0.4, -0.2) is 15.6 Å². The molecule has 1 fully saturated rings. The summed E-state index contributed by atoms with van der Waals surface area (Å²) in [5.41, 5.74) is 5.40. The van der Waals surface area contributed by atoms with Crippen molar-refractivity contribution >= 4 is 11.6 Å². The van der Waals surface area contributed by atoms with E-state index in [9.17, 15) is 4.79 Å². The zero-order valence-corrected chi connectivity index (χ0v) is 6.73. The average molecular weight is 165 g/mol. The summed E-state index contributed by atoms with van der Waals surface area (Å²) in [4.78, 5) is 11.3. The monoisotopic (exact) mass is 165 g/mol. The molecule has 0 unspecified atom stereocenters. The second-order valence-corrected chi connectivity index (χ2v) is 3.18. The molecule has 0 aliphatic heterocycles. The molecule has 1 aliphatic rings. The van der Waals surface area contributed by atoms with Gasteiger partial charge in [-0.15, -0.1) is 0 Å². The Morgan fingerprint density at radius 1 is 1.75 bits per heavy atom. The Bertz CT molecular complexity index is 301. The maximum absolute atomic E-state index is 11.3. The summed E-state index contributed by atoms with van der Waals surface area (Å²) in [6.45, 7) is 0.377. The Morgan fingerprint density at radius 2 is 2.50 bits per heavy atom. The topological polar surface area (TPSA) is 60.9 Å². The van der Waals surface area contributed by atoms with Gasteiger partial charge in [0.1, 0.15) is 5.82 Å². The van der Waals surface area contributed by atoms with Crippen molar-refractivity contribution < 1.29 is 4.79 Å². The lowest BCUT2D eigenvalue weighted by Gasteiger charge is -1.97. The first-order valence-electron chi connectivity index (χ1n) is 4.07. The number of anilines is 1. The van der Waals surface area contributed by atoms with E-state index in [1.165, 1.54) is 0 Å². The number of Topliss-reactive ketones (excluding diaryl/α,β-unsaturated/α-hetero) is 1. The van der Waals surface area contributed by atoms with Crippen LogP contribution >= 0.6 is 0 Å².